The van der Waals surface area contributed by atoms with Crippen molar-refractivity contribution in [1.29, 1.82) is 0 Å². The van der Waals surface area contributed by atoms with E-state index in [-0.39, 0.29) is 16.7 Å². The first-order chi connectivity index (χ1) is 15.6. The molecule has 0 unspecified atom stereocenters. The summed E-state index contributed by atoms with van der Waals surface area (Å²) in [6, 6.07) is 10.7. The zero-order chi connectivity index (χ0) is 23.6. The maximum atomic E-state index is 12.7. The number of piperidine rings is 1. The number of carbonyl (C=O) groups excluding carboxylic acids is 1. The Hall–Kier alpha value is -2.83. The number of ether oxygens (including phenoxy) is 2. The highest BCUT2D eigenvalue weighted by molar-refractivity contribution is 7.92. The summed E-state index contributed by atoms with van der Waals surface area (Å²) < 4.78 is 63.4. The Bertz CT molecular complexity index is 1240. The number of fused-ring (bicyclic) bond motifs is 1. The summed E-state index contributed by atoms with van der Waals surface area (Å²) in [7, 11) is -7.09. The fraction of sp³-hybridized carbons (Fsp3) is 0.381. The smallest absolute Gasteiger partial charge is 0.262 e. The molecule has 178 valence electrons. The second-order valence-electron chi connectivity index (χ2n) is 7.91. The molecule has 33 heavy (non-hydrogen) atoms. The van der Waals surface area contributed by atoms with Gasteiger partial charge in [-0.2, -0.15) is 0 Å². The van der Waals surface area contributed by atoms with Crippen LogP contribution in [0.2, 0.25) is 0 Å². The molecule has 2 heterocycles. The van der Waals surface area contributed by atoms with E-state index in [1.165, 1.54) is 16.4 Å². The maximum absolute atomic E-state index is 12.7. The Morgan fingerprint density at radius 1 is 0.909 bits per heavy atom. The number of hydrogen-bond acceptors (Lipinski definition) is 7. The minimum absolute atomic E-state index is 0.0459. The van der Waals surface area contributed by atoms with Crippen LogP contribution < -0.4 is 19.5 Å². The lowest BCUT2D eigenvalue weighted by Crippen LogP contribution is -2.40. The lowest BCUT2D eigenvalue weighted by Gasteiger charge is -2.29. The summed E-state index contributed by atoms with van der Waals surface area (Å²) in [5.41, 5.74) is 0.858. The summed E-state index contributed by atoms with van der Waals surface area (Å²) in [6.45, 7) is 1.41. The van der Waals surface area contributed by atoms with Gasteiger partial charge in [0, 0.05) is 36.4 Å². The van der Waals surface area contributed by atoms with Gasteiger partial charge in [-0.1, -0.05) is 0 Å². The van der Waals surface area contributed by atoms with Crippen molar-refractivity contribution in [3.05, 3.63) is 42.5 Å². The molecule has 1 amide bonds. The molecule has 0 atom stereocenters. The number of amides is 1. The van der Waals surface area contributed by atoms with E-state index >= 15 is 0 Å². The lowest BCUT2D eigenvalue weighted by atomic mass is 9.97. The monoisotopic (exact) mass is 495 g/mol. The SMILES string of the molecule is CS(=O)(=O)N1CCC(C(=O)Nc2ccc(NS(=O)(=O)c3ccc4c(c3)OCCO4)cc2)CC1. The molecule has 2 aliphatic rings. The third-order valence-electron chi connectivity index (χ3n) is 5.52. The van der Waals surface area contributed by atoms with Crippen LogP contribution in [0.1, 0.15) is 12.8 Å². The molecule has 2 aliphatic heterocycles. The van der Waals surface area contributed by atoms with Crippen LogP contribution in [0.4, 0.5) is 11.4 Å². The quantitative estimate of drug-likeness (QED) is 0.625. The van der Waals surface area contributed by atoms with E-state index in [1.54, 1.807) is 30.3 Å². The van der Waals surface area contributed by atoms with Crippen molar-refractivity contribution in [2.45, 2.75) is 17.7 Å². The molecule has 0 bridgehead atoms. The van der Waals surface area contributed by atoms with Gasteiger partial charge < -0.3 is 14.8 Å². The fourth-order valence-electron chi connectivity index (χ4n) is 3.72. The number of rotatable bonds is 6. The van der Waals surface area contributed by atoms with Crippen LogP contribution in [0.25, 0.3) is 0 Å². The normalized spacial score (nSPS) is 17.4. The molecule has 2 aromatic carbocycles. The van der Waals surface area contributed by atoms with Gasteiger partial charge in [-0.3, -0.25) is 9.52 Å². The number of sulfonamides is 2. The Kier molecular flexibility index (Phi) is 6.50. The molecule has 0 saturated carbocycles. The number of nitrogens with one attached hydrogen (secondary N) is 2. The zero-order valence-electron chi connectivity index (χ0n) is 18.0. The standard InChI is InChI=1S/C21H25N3O7S2/c1-32(26,27)24-10-8-15(9-11-24)21(25)22-16-2-4-17(5-3-16)23-33(28,29)18-6-7-19-20(14-18)31-13-12-30-19/h2-7,14-15,23H,8-13H2,1H3,(H,22,25). The molecule has 0 radical (unpaired) electrons. The molecule has 1 fully saturated rings. The summed E-state index contributed by atoms with van der Waals surface area (Å²) in [5.74, 6) is 0.413. The van der Waals surface area contributed by atoms with E-state index in [2.05, 4.69) is 10.0 Å². The maximum Gasteiger partial charge on any atom is 0.262 e. The van der Waals surface area contributed by atoms with Gasteiger partial charge >= 0.3 is 0 Å². The average molecular weight is 496 g/mol. The van der Waals surface area contributed by atoms with Gasteiger partial charge in [0.15, 0.2) is 11.5 Å². The highest BCUT2D eigenvalue weighted by atomic mass is 32.2. The predicted octanol–water partition coefficient (Wildman–Crippen LogP) is 1.87. The Morgan fingerprint density at radius 3 is 2.15 bits per heavy atom. The number of carbonyl (C=O) groups is 1. The second-order valence-corrected chi connectivity index (χ2v) is 11.6. The van der Waals surface area contributed by atoms with E-state index in [1.807, 2.05) is 0 Å². The molecule has 0 aliphatic carbocycles. The van der Waals surface area contributed by atoms with Gasteiger partial charge in [-0.05, 0) is 49.2 Å². The Balaban J connectivity index is 1.36. The van der Waals surface area contributed by atoms with Crippen molar-refractivity contribution in [2.75, 3.05) is 42.6 Å². The largest absolute Gasteiger partial charge is 0.486 e. The van der Waals surface area contributed by atoms with Crippen molar-refractivity contribution in [2.24, 2.45) is 5.92 Å². The van der Waals surface area contributed by atoms with Crippen LogP contribution in [-0.2, 0) is 24.8 Å². The van der Waals surface area contributed by atoms with Crippen LogP contribution in [0.15, 0.2) is 47.4 Å². The van der Waals surface area contributed by atoms with Gasteiger partial charge in [-0.25, -0.2) is 21.1 Å². The molecule has 2 N–H and O–H groups in total. The van der Waals surface area contributed by atoms with Crippen molar-refractivity contribution < 1.29 is 31.1 Å². The molecule has 0 spiro atoms. The van der Waals surface area contributed by atoms with Crippen LogP contribution >= 0.6 is 0 Å². The van der Waals surface area contributed by atoms with E-state index in [0.717, 1.165) is 6.26 Å². The van der Waals surface area contributed by atoms with E-state index in [9.17, 15) is 21.6 Å². The third kappa shape index (κ3) is 5.57. The minimum atomic E-state index is -3.84. The molecule has 4 rings (SSSR count). The second kappa shape index (κ2) is 9.20. The van der Waals surface area contributed by atoms with E-state index in [0.29, 0.717) is 62.0 Å². The lowest BCUT2D eigenvalue weighted by molar-refractivity contribution is -0.120. The first-order valence-electron chi connectivity index (χ1n) is 10.4. The zero-order valence-corrected chi connectivity index (χ0v) is 19.6. The molecular formula is C21H25N3O7S2. The van der Waals surface area contributed by atoms with Crippen LogP contribution in [0, 0.1) is 5.92 Å². The summed E-state index contributed by atoms with van der Waals surface area (Å²) >= 11 is 0. The van der Waals surface area contributed by atoms with E-state index in [4.69, 9.17) is 9.47 Å². The number of anilines is 2. The minimum Gasteiger partial charge on any atom is -0.486 e. The van der Waals surface area contributed by atoms with Gasteiger partial charge in [0.05, 0.1) is 11.2 Å². The summed E-state index contributed by atoms with van der Waals surface area (Å²) in [6.07, 6.45) is 2.07. The number of benzene rings is 2. The first kappa shape index (κ1) is 23.3. The number of hydrogen-bond donors (Lipinski definition) is 2. The Labute approximate surface area is 193 Å². The molecule has 1 saturated heterocycles. The topological polar surface area (TPSA) is 131 Å². The van der Waals surface area contributed by atoms with Gasteiger partial charge in [0.1, 0.15) is 13.2 Å². The molecule has 2 aromatic rings. The van der Waals surface area contributed by atoms with E-state index < -0.39 is 20.0 Å². The van der Waals surface area contributed by atoms with Crippen LogP contribution in [-0.4, -0.2) is 59.6 Å². The molecule has 10 nitrogen and oxygen atoms in total. The first-order valence-corrected chi connectivity index (χ1v) is 13.7. The number of nitrogens with zero attached hydrogens (tertiary/aromatic N) is 1. The summed E-state index contributed by atoms with van der Waals surface area (Å²) in [4.78, 5) is 12.6. The van der Waals surface area contributed by atoms with Gasteiger partial charge in [0.25, 0.3) is 10.0 Å². The van der Waals surface area contributed by atoms with Crippen LogP contribution in [0.3, 0.4) is 0 Å². The summed E-state index contributed by atoms with van der Waals surface area (Å²) in [5, 5.41) is 2.81. The van der Waals surface area contributed by atoms with Crippen molar-refractivity contribution >= 4 is 37.3 Å². The fourth-order valence-corrected chi connectivity index (χ4v) is 5.67. The molecular weight excluding hydrogens is 470 g/mol. The average Bonchev–Trinajstić information content (AvgIpc) is 2.79. The van der Waals surface area contributed by atoms with Crippen molar-refractivity contribution in [1.82, 2.24) is 4.31 Å². The van der Waals surface area contributed by atoms with Gasteiger partial charge in [-0.15, -0.1) is 0 Å². The van der Waals surface area contributed by atoms with Crippen molar-refractivity contribution in [3.63, 3.8) is 0 Å². The third-order valence-corrected chi connectivity index (χ3v) is 8.20. The molecule has 0 aromatic heterocycles. The van der Waals surface area contributed by atoms with Crippen LogP contribution in [0.5, 0.6) is 11.5 Å². The molecule has 12 heteroatoms. The highest BCUT2D eigenvalue weighted by Gasteiger charge is 2.29. The van der Waals surface area contributed by atoms with Gasteiger partial charge in [0.2, 0.25) is 15.9 Å². The highest BCUT2D eigenvalue weighted by Crippen LogP contribution is 2.33. The predicted molar refractivity (Wildman–Crippen MR) is 122 cm³/mol. The van der Waals surface area contributed by atoms with Crippen molar-refractivity contribution in [3.8, 4) is 11.5 Å². The Morgan fingerprint density at radius 2 is 1.52 bits per heavy atom.